The van der Waals surface area contributed by atoms with Crippen molar-refractivity contribution in [3.63, 3.8) is 0 Å². The third kappa shape index (κ3) is 6.06. The van der Waals surface area contributed by atoms with E-state index >= 15 is 0 Å². The van der Waals surface area contributed by atoms with E-state index in [4.69, 9.17) is 0 Å². The zero-order valence-electron chi connectivity index (χ0n) is 23.0. The van der Waals surface area contributed by atoms with E-state index in [1.807, 2.05) is 7.05 Å². The number of benzene rings is 1. The van der Waals surface area contributed by atoms with Crippen LogP contribution in [0.15, 0.2) is 77.7 Å². The van der Waals surface area contributed by atoms with Gasteiger partial charge in [-0.2, -0.15) is 0 Å². The van der Waals surface area contributed by atoms with Crippen LogP contribution in [0.3, 0.4) is 0 Å². The molecule has 3 heteroatoms. The number of hydrogen-bond donors (Lipinski definition) is 3. The normalized spacial score (nSPS) is 32.0. The first-order chi connectivity index (χ1) is 17.4. The van der Waals surface area contributed by atoms with Gasteiger partial charge in [0.2, 0.25) is 0 Å². The molecule has 3 aliphatic carbocycles. The molecule has 0 amide bonds. The lowest BCUT2D eigenvalue weighted by Crippen LogP contribution is -2.40. The average Bonchev–Trinajstić information content (AvgIpc) is 2.89. The van der Waals surface area contributed by atoms with Crippen LogP contribution in [0.1, 0.15) is 96.6 Å². The Kier molecular flexibility index (Phi) is 8.96. The summed E-state index contributed by atoms with van der Waals surface area (Å²) in [5.41, 5.74) is 5.75. The minimum Gasteiger partial charge on any atom is -0.392 e. The minimum atomic E-state index is -0.230. The van der Waals surface area contributed by atoms with Gasteiger partial charge in [0, 0.05) is 17.2 Å². The Labute approximate surface area is 219 Å². The number of aliphatic hydroxyl groups is 1. The maximum Gasteiger partial charge on any atom is 0.0633 e. The van der Waals surface area contributed by atoms with E-state index in [0.717, 1.165) is 51.4 Å². The summed E-state index contributed by atoms with van der Waals surface area (Å²) in [5.74, 6) is 0.625. The number of hydrogen-bond acceptors (Lipinski definition) is 3. The minimum absolute atomic E-state index is 0.0837. The second kappa shape index (κ2) is 12.0. The van der Waals surface area contributed by atoms with E-state index in [0.29, 0.717) is 12.0 Å². The highest BCUT2D eigenvalue weighted by molar-refractivity contribution is 5.41. The Morgan fingerprint density at radius 3 is 2.61 bits per heavy atom. The fourth-order valence-electron chi connectivity index (χ4n) is 6.59. The quantitative estimate of drug-likeness (QED) is 0.312. The van der Waals surface area contributed by atoms with Gasteiger partial charge in [-0.1, -0.05) is 81.0 Å². The van der Waals surface area contributed by atoms with E-state index in [-0.39, 0.29) is 16.9 Å². The molecular weight excluding hydrogens is 440 g/mol. The molecule has 1 saturated carbocycles. The molecule has 3 nitrogen and oxygen atoms in total. The summed E-state index contributed by atoms with van der Waals surface area (Å²) in [6.07, 6.45) is 22.3. The highest BCUT2D eigenvalue weighted by atomic mass is 16.3. The van der Waals surface area contributed by atoms with Gasteiger partial charge >= 0.3 is 0 Å². The molecule has 1 aromatic carbocycles. The molecule has 196 valence electrons. The summed E-state index contributed by atoms with van der Waals surface area (Å²) in [6, 6.07) is 11.1. The molecule has 0 aliphatic heterocycles. The van der Waals surface area contributed by atoms with Crippen LogP contribution >= 0.6 is 0 Å². The van der Waals surface area contributed by atoms with E-state index in [2.05, 4.69) is 92.2 Å². The van der Waals surface area contributed by atoms with Gasteiger partial charge in [0.1, 0.15) is 0 Å². The molecule has 0 spiro atoms. The molecule has 0 aromatic heterocycles. The van der Waals surface area contributed by atoms with Crippen LogP contribution < -0.4 is 10.6 Å². The predicted octanol–water partition coefficient (Wildman–Crippen LogP) is 7.74. The summed E-state index contributed by atoms with van der Waals surface area (Å²) < 4.78 is 0. The second-order valence-electron chi connectivity index (χ2n) is 12.0. The van der Waals surface area contributed by atoms with Crippen molar-refractivity contribution in [2.45, 2.75) is 97.1 Å². The van der Waals surface area contributed by atoms with Crippen molar-refractivity contribution < 1.29 is 5.11 Å². The molecule has 3 aliphatic rings. The zero-order valence-corrected chi connectivity index (χ0v) is 23.0. The van der Waals surface area contributed by atoms with Crippen LogP contribution in [-0.2, 0) is 0 Å². The van der Waals surface area contributed by atoms with Crippen LogP contribution in [0.25, 0.3) is 0 Å². The van der Waals surface area contributed by atoms with Crippen molar-refractivity contribution in [1.29, 1.82) is 0 Å². The smallest absolute Gasteiger partial charge is 0.0633 e. The predicted molar refractivity (Wildman–Crippen MR) is 152 cm³/mol. The molecule has 0 bridgehead atoms. The van der Waals surface area contributed by atoms with Gasteiger partial charge < -0.3 is 15.7 Å². The molecular formula is C33H48N2O. The van der Waals surface area contributed by atoms with Crippen LogP contribution in [0, 0.1) is 16.7 Å². The Bertz CT molecular complexity index is 990. The summed E-state index contributed by atoms with van der Waals surface area (Å²) in [7, 11) is 2.05. The Morgan fingerprint density at radius 2 is 1.92 bits per heavy atom. The first-order valence-electron chi connectivity index (χ1n) is 14.3. The monoisotopic (exact) mass is 488 g/mol. The van der Waals surface area contributed by atoms with Gasteiger partial charge in [-0.3, -0.25) is 0 Å². The summed E-state index contributed by atoms with van der Waals surface area (Å²) in [6.45, 7) is 7.04. The van der Waals surface area contributed by atoms with Gasteiger partial charge in [-0.25, -0.2) is 0 Å². The molecule has 0 radical (unpaired) electrons. The van der Waals surface area contributed by atoms with Crippen LogP contribution in [0.2, 0.25) is 0 Å². The SMILES string of the molecule is CNC(CC/C=C/NC1=C(C2(C)CC=CCC2)C=C([C@]2(C)CCC(C)CC2O)CC1)c1ccccc1. The van der Waals surface area contributed by atoms with Gasteiger partial charge in [-0.05, 0) is 99.9 Å². The lowest BCUT2D eigenvalue weighted by molar-refractivity contribution is 0.00426. The third-order valence-electron chi connectivity index (χ3n) is 9.34. The fourth-order valence-corrected chi connectivity index (χ4v) is 6.59. The molecule has 4 unspecified atom stereocenters. The van der Waals surface area contributed by atoms with Crippen molar-refractivity contribution in [2.75, 3.05) is 7.05 Å². The van der Waals surface area contributed by atoms with Crippen LogP contribution in [0.4, 0.5) is 0 Å². The van der Waals surface area contributed by atoms with Crippen LogP contribution in [0.5, 0.6) is 0 Å². The van der Waals surface area contributed by atoms with E-state index < -0.39 is 0 Å². The summed E-state index contributed by atoms with van der Waals surface area (Å²) in [5, 5.41) is 18.3. The molecule has 4 rings (SSSR count). The maximum absolute atomic E-state index is 11.1. The van der Waals surface area contributed by atoms with E-state index in [9.17, 15) is 5.11 Å². The third-order valence-corrected chi connectivity index (χ3v) is 9.34. The largest absolute Gasteiger partial charge is 0.392 e. The Morgan fingerprint density at radius 1 is 1.11 bits per heavy atom. The molecule has 1 fully saturated rings. The van der Waals surface area contributed by atoms with Crippen molar-refractivity contribution in [2.24, 2.45) is 16.7 Å². The first-order valence-corrected chi connectivity index (χ1v) is 14.3. The lowest BCUT2D eigenvalue weighted by atomic mass is 9.62. The fraction of sp³-hybridized carbons (Fsp3) is 0.576. The average molecular weight is 489 g/mol. The molecule has 3 N–H and O–H groups in total. The molecule has 36 heavy (non-hydrogen) atoms. The lowest BCUT2D eigenvalue weighted by Gasteiger charge is -2.45. The highest BCUT2D eigenvalue weighted by Gasteiger charge is 2.42. The number of aliphatic hydroxyl groups excluding tert-OH is 1. The highest BCUT2D eigenvalue weighted by Crippen LogP contribution is 2.51. The van der Waals surface area contributed by atoms with Crippen LogP contribution in [-0.4, -0.2) is 18.3 Å². The standard InChI is InChI=1S/C33H48N2O/c1-25-18-21-33(3,31(36)23-25)27-16-17-30(28(24-27)32(2)19-10-6-11-20-32)35-22-12-9-15-29(34-4)26-13-7-5-8-14-26/h5-8,10,12-14,22,24-25,29,31,34-36H,9,11,15-21,23H2,1-4H3/b22-12+/t25?,29?,31?,32?,33-/m0/s1. The zero-order chi connectivity index (χ0) is 25.6. The first kappa shape index (κ1) is 26.9. The van der Waals surface area contributed by atoms with Crippen molar-refractivity contribution >= 4 is 0 Å². The van der Waals surface area contributed by atoms with Gasteiger partial charge in [0.15, 0.2) is 0 Å². The molecule has 1 aromatic rings. The van der Waals surface area contributed by atoms with E-state index in [1.54, 1.807) is 0 Å². The number of rotatable bonds is 9. The van der Waals surface area contributed by atoms with Gasteiger partial charge in [0.05, 0.1) is 6.10 Å². The Hall–Kier alpha value is -2.10. The number of allylic oxidation sites excluding steroid dienone is 6. The van der Waals surface area contributed by atoms with Gasteiger partial charge in [0.25, 0.3) is 0 Å². The molecule has 0 heterocycles. The van der Waals surface area contributed by atoms with Crippen molar-refractivity contribution in [1.82, 2.24) is 10.6 Å². The Balaban J connectivity index is 1.50. The summed E-state index contributed by atoms with van der Waals surface area (Å²) in [4.78, 5) is 0. The maximum atomic E-state index is 11.1. The topological polar surface area (TPSA) is 44.3 Å². The van der Waals surface area contributed by atoms with Crippen molar-refractivity contribution in [3.8, 4) is 0 Å². The molecule has 5 atom stereocenters. The number of nitrogens with one attached hydrogen (secondary N) is 2. The summed E-state index contributed by atoms with van der Waals surface area (Å²) >= 11 is 0. The van der Waals surface area contributed by atoms with Crippen molar-refractivity contribution in [3.05, 3.63) is 83.2 Å². The second-order valence-corrected chi connectivity index (χ2v) is 12.0. The van der Waals surface area contributed by atoms with Gasteiger partial charge in [-0.15, -0.1) is 0 Å². The molecule has 0 saturated heterocycles. The van der Waals surface area contributed by atoms with E-state index in [1.165, 1.54) is 35.2 Å².